The summed E-state index contributed by atoms with van der Waals surface area (Å²) in [5, 5.41) is 12.7. The van der Waals surface area contributed by atoms with E-state index < -0.39 is 6.10 Å². The van der Waals surface area contributed by atoms with Gasteiger partial charge in [0.1, 0.15) is 24.3 Å². The average Bonchev–Trinajstić information content (AvgIpc) is 3.37. The third kappa shape index (κ3) is 4.20. The normalized spacial score (nSPS) is 15.0. The number of aromatic nitrogens is 1. The highest BCUT2D eigenvalue weighted by molar-refractivity contribution is 5.95. The van der Waals surface area contributed by atoms with Gasteiger partial charge in [-0.3, -0.25) is 4.79 Å². The van der Waals surface area contributed by atoms with Gasteiger partial charge in [0.05, 0.1) is 5.56 Å². The SMILES string of the molecule is Cc1cc(C(=O)NCC(O)COc2ccc(F)cc2)c(C)n1C1CC1. The number of nitrogens with one attached hydrogen (secondary N) is 1. The maximum absolute atomic E-state index is 12.8. The summed E-state index contributed by atoms with van der Waals surface area (Å²) in [4.78, 5) is 12.4. The van der Waals surface area contributed by atoms with Crippen LogP contribution in [0.1, 0.15) is 40.6 Å². The molecule has 0 radical (unpaired) electrons. The summed E-state index contributed by atoms with van der Waals surface area (Å²) >= 11 is 0. The van der Waals surface area contributed by atoms with Crippen LogP contribution >= 0.6 is 0 Å². The Hall–Kier alpha value is -2.34. The molecule has 2 N–H and O–H groups in total. The molecule has 1 aromatic carbocycles. The Morgan fingerprint density at radius 1 is 1.36 bits per heavy atom. The fourth-order valence-electron chi connectivity index (χ4n) is 2.99. The summed E-state index contributed by atoms with van der Waals surface area (Å²) in [6, 6.07) is 7.99. The molecule has 5 nitrogen and oxygen atoms in total. The number of hydrogen-bond donors (Lipinski definition) is 2. The van der Waals surface area contributed by atoms with Crippen molar-refractivity contribution in [2.75, 3.05) is 13.2 Å². The molecule has 134 valence electrons. The minimum atomic E-state index is -0.846. The Balaban J connectivity index is 1.50. The molecule has 0 bridgehead atoms. The molecule has 1 saturated carbocycles. The van der Waals surface area contributed by atoms with Gasteiger partial charge in [-0.05, 0) is 57.0 Å². The molecule has 0 saturated heterocycles. The Kier molecular flexibility index (Phi) is 5.08. The van der Waals surface area contributed by atoms with Crippen LogP contribution < -0.4 is 10.1 Å². The van der Waals surface area contributed by atoms with Crippen molar-refractivity contribution >= 4 is 5.91 Å². The summed E-state index contributed by atoms with van der Waals surface area (Å²) in [7, 11) is 0. The van der Waals surface area contributed by atoms with E-state index >= 15 is 0 Å². The van der Waals surface area contributed by atoms with Crippen molar-refractivity contribution in [3.63, 3.8) is 0 Å². The van der Waals surface area contributed by atoms with Gasteiger partial charge >= 0.3 is 0 Å². The topological polar surface area (TPSA) is 63.5 Å². The number of amides is 1. The molecule has 1 aliphatic rings. The first kappa shape index (κ1) is 17.5. The lowest BCUT2D eigenvalue weighted by Gasteiger charge is -2.13. The van der Waals surface area contributed by atoms with Crippen LogP contribution in [0.25, 0.3) is 0 Å². The number of benzene rings is 1. The Labute approximate surface area is 146 Å². The molecule has 1 aromatic heterocycles. The molecule has 1 atom stereocenters. The number of carbonyl (C=O) groups excluding carboxylic acids is 1. The predicted molar refractivity (Wildman–Crippen MR) is 92.4 cm³/mol. The van der Waals surface area contributed by atoms with E-state index in [0.29, 0.717) is 17.4 Å². The summed E-state index contributed by atoms with van der Waals surface area (Å²) in [5.74, 6) is -0.0652. The lowest BCUT2D eigenvalue weighted by molar-refractivity contribution is 0.0843. The lowest BCUT2D eigenvalue weighted by Crippen LogP contribution is -2.35. The van der Waals surface area contributed by atoms with Crippen LogP contribution in [0, 0.1) is 19.7 Å². The predicted octanol–water partition coefficient (Wildman–Crippen LogP) is 2.75. The standard InChI is InChI=1S/C19H23FN2O3/c1-12-9-18(13(2)22(12)15-5-6-15)19(24)21-10-16(23)11-25-17-7-3-14(20)4-8-17/h3-4,7-9,15-16,23H,5-6,10-11H2,1-2H3,(H,21,24). The van der Waals surface area contributed by atoms with Gasteiger partial charge in [-0.15, -0.1) is 0 Å². The molecule has 3 rings (SSSR count). The molecule has 1 amide bonds. The second-order valence-electron chi connectivity index (χ2n) is 6.51. The fourth-order valence-corrected chi connectivity index (χ4v) is 2.99. The van der Waals surface area contributed by atoms with Crippen LogP contribution in [-0.2, 0) is 0 Å². The highest BCUT2D eigenvalue weighted by Crippen LogP contribution is 2.38. The first-order valence-electron chi connectivity index (χ1n) is 8.48. The van der Waals surface area contributed by atoms with E-state index in [-0.39, 0.29) is 24.9 Å². The number of ether oxygens (including phenoxy) is 1. The monoisotopic (exact) mass is 346 g/mol. The Morgan fingerprint density at radius 3 is 2.68 bits per heavy atom. The van der Waals surface area contributed by atoms with E-state index in [9.17, 15) is 14.3 Å². The van der Waals surface area contributed by atoms with Gasteiger partial charge in [0.25, 0.3) is 5.91 Å². The number of rotatable bonds is 7. The number of aliphatic hydroxyl groups is 1. The van der Waals surface area contributed by atoms with E-state index in [1.165, 1.54) is 24.3 Å². The largest absolute Gasteiger partial charge is 0.491 e. The number of aryl methyl sites for hydroxylation is 1. The first-order valence-corrected chi connectivity index (χ1v) is 8.48. The van der Waals surface area contributed by atoms with E-state index in [1.54, 1.807) is 0 Å². The van der Waals surface area contributed by atoms with Gasteiger partial charge in [-0.2, -0.15) is 0 Å². The molecule has 25 heavy (non-hydrogen) atoms. The molecule has 0 spiro atoms. The molecule has 1 heterocycles. The minimum Gasteiger partial charge on any atom is -0.491 e. The number of halogens is 1. The highest BCUT2D eigenvalue weighted by Gasteiger charge is 2.28. The first-order chi connectivity index (χ1) is 12.0. The number of carbonyl (C=O) groups is 1. The molecule has 0 aliphatic heterocycles. The smallest absolute Gasteiger partial charge is 0.253 e. The fraction of sp³-hybridized carbons (Fsp3) is 0.421. The second-order valence-corrected chi connectivity index (χ2v) is 6.51. The van der Waals surface area contributed by atoms with Gasteiger partial charge in [0, 0.05) is 24.0 Å². The maximum atomic E-state index is 12.8. The van der Waals surface area contributed by atoms with Crippen molar-refractivity contribution in [2.24, 2.45) is 0 Å². The van der Waals surface area contributed by atoms with Crippen LogP contribution in [0.15, 0.2) is 30.3 Å². The number of nitrogens with zero attached hydrogens (tertiary/aromatic N) is 1. The quantitative estimate of drug-likeness (QED) is 0.810. The van der Waals surface area contributed by atoms with Crippen LogP contribution in [0.3, 0.4) is 0 Å². The molecular weight excluding hydrogens is 323 g/mol. The van der Waals surface area contributed by atoms with Crippen LogP contribution in [-0.4, -0.2) is 34.8 Å². The molecule has 6 heteroatoms. The van der Waals surface area contributed by atoms with Crippen LogP contribution in [0.2, 0.25) is 0 Å². The summed E-state index contributed by atoms with van der Waals surface area (Å²) in [6.45, 7) is 4.07. The van der Waals surface area contributed by atoms with Crippen molar-refractivity contribution in [3.05, 3.63) is 53.1 Å². The third-order valence-corrected chi connectivity index (χ3v) is 4.40. The van der Waals surface area contributed by atoms with Gasteiger partial charge in [-0.1, -0.05) is 0 Å². The van der Waals surface area contributed by atoms with Gasteiger partial charge in [0.15, 0.2) is 0 Å². The van der Waals surface area contributed by atoms with Crippen molar-refractivity contribution in [1.29, 1.82) is 0 Å². The minimum absolute atomic E-state index is 0.0208. The third-order valence-electron chi connectivity index (χ3n) is 4.40. The molecule has 1 fully saturated rings. The van der Waals surface area contributed by atoms with Crippen molar-refractivity contribution in [2.45, 2.75) is 38.8 Å². The lowest BCUT2D eigenvalue weighted by atomic mass is 10.2. The van der Waals surface area contributed by atoms with E-state index in [2.05, 4.69) is 9.88 Å². The zero-order valence-corrected chi connectivity index (χ0v) is 14.5. The zero-order chi connectivity index (χ0) is 18.0. The van der Waals surface area contributed by atoms with Crippen LogP contribution in [0.5, 0.6) is 5.75 Å². The average molecular weight is 346 g/mol. The number of aliphatic hydroxyl groups excluding tert-OH is 1. The Bertz CT molecular complexity index is 751. The van der Waals surface area contributed by atoms with E-state index in [0.717, 1.165) is 24.2 Å². The zero-order valence-electron chi connectivity index (χ0n) is 14.5. The molecule has 2 aromatic rings. The molecule has 1 aliphatic carbocycles. The molecular formula is C19H23FN2O3. The van der Waals surface area contributed by atoms with Crippen molar-refractivity contribution in [1.82, 2.24) is 9.88 Å². The van der Waals surface area contributed by atoms with Gasteiger partial charge in [0.2, 0.25) is 0 Å². The van der Waals surface area contributed by atoms with E-state index in [1.807, 2.05) is 19.9 Å². The highest BCUT2D eigenvalue weighted by atomic mass is 19.1. The van der Waals surface area contributed by atoms with Gasteiger partial charge < -0.3 is 19.7 Å². The van der Waals surface area contributed by atoms with Crippen molar-refractivity contribution < 1.29 is 19.0 Å². The van der Waals surface area contributed by atoms with Crippen LogP contribution in [0.4, 0.5) is 4.39 Å². The summed E-state index contributed by atoms with van der Waals surface area (Å²) in [6.07, 6.45) is 1.48. The van der Waals surface area contributed by atoms with Gasteiger partial charge in [-0.25, -0.2) is 4.39 Å². The summed E-state index contributed by atoms with van der Waals surface area (Å²) in [5.41, 5.74) is 2.70. The molecule has 1 unspecified atom stereocenters. The summed E-state index contributed by atoms with van der Waals surface area (Å²) < 4.78 is 20.4. The van der Waals surface area contributed by atoms with E-state index in [4.69, 9.17) is 4.74 Å². The maximum Gasteiger partial charge on any atom is 0.253 e. The number of hydrogen-bond acceptors (Lipinski definition) is 3. The Morgan fingerprint density at radius 2 is 2.04 bits per heavy atom. The second kappa shape index (κ2) is 7.27. The van der Waals surface area contributed by atoms with Crippen molar-refractivity contribution in [3.8, 4) is 5.75 Å².